The maximum atomic E-state index is 11.9. The number of alkyl halides is 2. The molecule has 0 bridgehead atoms. The normalized spacial score (nSPS) is 12.0. The molecule has 0 aliphatic carbocycles. The molecule has 1 aromatic carbocycles. The number of benzene rings is 1. The Morgan fingerprint density at radius 3 is 2.56 bits per heavy atom. The Kier molecular flexibility index (Phi) is 4.22. The number of halogens is 3. The van der Waals surface area contributed by atoms with Gasteiger partial charge in [-0.1, -0.05) is 15.9 Å². The molecule has 4 nitrogen and oxygen atoms in total. The zero-order valence-corrected chi connectivity index (χ0v) is 10.4. The largest absolute Gasteiger partial charge is 0.398 e. The van der Waals surface area contributed by atoms with Crippen molar-refractivity contribution in [1.82, 2.24) is 4.72 Å². The predicted molar refractivity (Wildman–Crippen MR) is 59.7 cm³/mol. The molecule has 1 rings (SSSR count). The molecule has 3 N–H and O–H groups in total. The van der Waals surface area contributed by atoms with E-state index >= 15 is 0 Å². The molecular formula is C8H9BrF2N2O2S. The molecule has 1 aromatic rings. The van der Waals surface area contributed by atoms with Gasteiger partial charge >= 0.3 is 0 Å². The number of nitrogens with two attached hydrogens (primary N) is 1. The first kappa shape index (κ1) is 13.3. The number of hydrogen-bond donors (Lipinski definition) is 2. The Balaban J connectivity index is 2.99. The summed E-state index contributed by atoms with van der Waals surface area (Å²) in [4.78, 5) is -0.212. The Morgan fingerprint density at radius 1 is 1.44 bits per heavy atom. The standard InChI is InChI=1S/C8H9BrF2N2O2S/c9-5-1-2-7(6(12)3-5)16(14,15)13-4-8(10)11/h1-3,8,13H,4,12H2. The van der Waals surface area contributed by atoms with Gasteiger partial charge in [-0.2, -0.15) is 0 Å². The van der Waals surface area contributed by atoms with Crippen molar-refractivity contribution in [1.29, 1.82) is 0 Å². The van der Waals surface area contributed by atoms with Crippen molar-refractivity contribution in [2.24, 2.45) is 0 Å². The second-order valence-corrected chi connectivity index (χ2v) is 5.58. The Morgan fingerprint density at radius 2 is 2.06 bits per heavy atom. The summed E-state index contributed by atoms with van der Waals surface area (Å²) in [6.45, 7) is -0.933. The molecule has 0 fully saturated rings. The van der Waals surface area contributed by atoms with Crippen LogP contribution in [0, 0.1) is 0 Å². The summed E-state index contributed by atoms with van der Waals surface area (Å²) in [7, 11) is -3.98. The van der Waals surface area contributed by atoms with Gasteiger partial charge in [-0.05, 0) is 18.2 Å². The van der Waals surface area contributed by atoms with Gasteiger partial charge in [0, 0.05) is 4.47 Å². The van der Waals surface area contributed by atoms with Crippen LogP contribution in [0.15, 0.2) is 27.6 Å². The number of nitrogens with one attached hydrogen (secondary N) is 1. The summed E-state index contributed by atoms with van der Waals surface area (Å²) in [5.74, 6) is 0. The molecule has 0 atom stereocenters. The maximum absolute atomic E-state index is 11.9. The minimum atomic E-state index is -3.98. The number of nitrogen functional groups attached to an aromatic ring is 1. The van der Waals surface area contributed by atoms with E-state index in [1.165, 1.54) is 18.2 Å². The third-order valence-electron chi connectivity index (χ3n) is 1.69. The van der Waals surface area contributed by atoms with Gasteiger partial charge in [-0.25, -0.2) is 21.9 Å². The smallest absolute Gasteiger partial charge is 0.251 e. The van der Waals surface area contributed by atoms with E-state index in [0.29, 0.717) is 4.47 Å². The van der Waals surface area contributed by atoms with Crippen LogP contribution in [0.3, 0.4) is 0 Å². The van der Waals surface area contributed by atoms with Crippen LogP contribution >= 0.6 is 15.9 Å². The van der Waals surface area contributed by atoms with Gasteiger partial charge in [-0.15, -0.1) is 0 Å². The van der Waals surface area contributed by atoms with Gasteiger partial charge in [0.15, 0.2) is 0 Å². The molecular weight excluding hydrogens is 306 g/mol. The molecule has 16 heavy (non-hydrogen) atoms. The van der Waals surface area contributed by atoms with Crippen LogP contribution in [0.1, 0.15) is 0 Å². The monoisotopic (exact) mass is 314 g/mol. The molecule has 0 radical (unpaired) electrons. The first-order valence-electron chi connectivity index (χ1n) is 4.16. The van der Waals surface area contributed by atoms with E-state index < -0.39 is 23.0 Å². The molecule has 0 spiro atoms. The van der Waals surface area contributed by atoms with E-state index in [4.69, 9.17) is 5.73 Å². The van der Waals surface area contributed by atoms with Gasteiger partial charge in [0.2, 0.25) is 10.0 Å². The fourth-order valence-corrected chi connectivity index (χ4v) is 2.51. The van der Waals surface area contributed by atoms with E-state index in [0.717, 1.165) is 0 Å². The van der Waals surface area contributed by atoms with Crippen molar-refractivity contribution < 1.29 is 17.2 Å². The molecule has 8 heteroatoms. The van der Waals surface area contributed by atoms with Gasteiger partial charge < -0.3 is 5.73 Å². The molecule has 0 aliphatic rings. The van der Waals surface area contributed by atoms with Gasteiger partial charge in [0.1, 0.15) is 4.90 Å². The number of anilines is 1. The van der Waals surface area contributed by atoms with Crippen LogP contribution in [0.25, 0.3) is 0 Å². The third kappa shape index (κ3) is 3.39. The molecule has 0 amide bonds. The van der Waals surface area contributed by atoms with E-state index in [1.807, 2.05) is 0 Å². The predicted octanol–water partition coefficient (Wildman–Crippen LogP) is 1.57. The fourth-order valence-electron chi connectivity index (χ4n) is 1.01. The molecule has 0 saturated carbocycles. The minimum absolute atomic E-state index is 0.00357. The van der Waals surface area contributed by atoms with Crippen LogP contribution in [-0.2, 0) is 10.0 Å². The summed E-state index contributed by atoms with van der Waals surface area (Å²) in [6.07, 6.45) is -2.74. The number of hydrogen-bond acceptors (Lipinski definition) is 3. The summed E-state index contributed by atoms with van der Waals surface area (Å²) in [6, 6.07) is 4.09. The Bertz CT molecular complexity index is 479. The first-order chi connectivity index (χ1) is 7.33. The molecule has 90 valence electrons. The third-order valence-corrected chi connectivity index (χ3v) is 3.68. The number of sulfonamides is 1. The fraction of sp³-hybridized carbons (Fsp3) is 0.250. The zero-order chi connectivity index (χ0) is 12.3. The minimum Gasteiger partial charge on any atom is -0.398 e. The van der Waals surface area contributed by atoms with Crippen LogP contribution < -0.4 is 10.5 Å². The highest BCUT2D eigenvalue weighted by Gasteiger charge is 2.18. The lowest BCUT2D eigenvalue weighted by molar-refractivity contribution is 0.153. The SMILES string of the molecule is Nc1cc(Br)ccc1S(=O)(=O)NCC(F)F. The molecule has 0 aliphatic heterocycles. The first-order valence-corrected chi connectivity index (χ1v) is 6.43. The van der Waals surface area contributed by atoms with Crippen LogP contribution in [0.2, 0.25) is 0 Å². The highest BCUT2D eigenvalue weighted by molar-refractivity contribution is 9.10. The highest BCUT2D eigenvalue weighted by Crippen LogP contribution is 2.22. The van der Waals surface area contributed by atoms with Crippen LogP contribution in [0.5, 0.6) is 0 Å². The summed E-state index contributed by atoms with van der Waals surface area (Å²) < 4.78 is 49.2. The van der Waals surface area contributed by atoms with Crippen molar-refractivity contribution >= 4 is 31.6 Å². The van der Waals surface area contributed by atoms with Crippen molar-refractivity contribution in [2.45, 2.75) is 11.3 Å². The lowest BCUT2D eigenvalue weighted by Crippen LogP contribution is -2.29. The van der Waals surface area contributed by atoms with Crippen molar-refractivity contribution in [3.05, 3.63) is 22.7 Å². The van der Waals surface area contributed by atoms with Crippen LogP contribution in [0.4, 0.5) is 14.5 Å². The van der Waals surface area contributed by atoms with E-state index in [-0.39, 0.29) is 10.6 Å². The lowest BCUT2D eigenvalue weighted by Gasteiger charge is -2.08. The zero-order valence-electron chi connectivity index (χ0n) is 7.95. The van der Waals surface area contributed by atoms with Crippen LogP contribution in [-0.4, -0.2) is 21.4 Å². The summed E-state index contributed by atoms with van der Waals surface area (Å²) >= 11 is 3.11. The van der Waals surface area contributed by atoms with Crippen molar-refractivity contribution in [3.8, 4) is 0 Å². The lowest BCUT2D eigenvalue weighted by atomic mass is 10.3. The van der Waals surface area contributed by atoms with Gasteiger partial charge in [0.05, 0.1) is 12.2 Å². The second kappa shape index (κ2) is 5.07. The maximum Gasteiger partial charge on any atom is 0.251 e. The molecule has 0 unspecified atom stereocenters. The topological polar surface area (TPSA) is 72.2 Å². The van der Waals surface area contributed by atoms with E-state index in [2.05, 4.69) is 15.9 Å². The summed E-state index contributed by atoms with van der Waals surface area (Å²) in [5, 5.41) is 0. The molecule has 0 heterocycles. The van der Waals surface area contributed by atoms with Crippen molar-refractivity contribution in [3.63, 3.8) is 0 Å². The average Bonchev–Trinajstić information content (AvgIpc) is 2.14. The quantitative estimate of drug-likeness (QED) is 0.829. The Labute approximate surface area is 100 Å². The van der Waals surface area contributed by atoms with E-state index in [1.54, 1.807) is 4.72 Å². The average molecular weight is 315 g/mol. The summed E-state index contributed by atoms with van der Waals surface area (Å²) in [5.41, 5.74) is 5.47. The van der Waals surface area contributed by atoms with E-state index in [9.17, 15) is 17.2 Å². The number of rotatable bonds is 4. The molecule has 0 aromatic heterocycles. The second-order valence-electron chi connectivity index (χ2n) is 2.93. The van der Waals surface area contributed by atoms with Gasteiger partial charge in [0.25, 0.3) is 6.43 Å². The van der Waals surface area contributed by atoms with Gasteiger partial charge in [-0.3, -0.25) is 0 Å². The Hall–Kier alpha value is -0.730. The molecule has 0 saturated heterocycles. The van der Waals surface area contributed by atoms with Crippen molar-refractivity contribution in [2.75, 3.05) is 12.3 Å². The highest BCUT2D eigenvalue weighted by atomic mass is 79.9.